The van der Waals surface area contributed by atoms with E-state index in [0.29, 0.717) is 43.2 Å². The summed E-state index contributed by atoms with van der Waals surface area (Å²) in [4.78, 5) is 38.1. The molecule has 1 aliphatic rings. The van der Waals surface area contributed by atoms with Gasteiger partial charge in [-0.1, -0.05) is 18.5 Å². The Balaban J connectivity index is 1.82. The Hall–Kier alpha value is -2.48. The lowest BCUT2D eigenvalue weighted by molar-refractivity contribution is -0.126. The lowest BCUT2D eigenvalue weighted by Gasteiger charge is -2.31. The Kier molecular flexibility index (Phi) is 7.72. The number of halogens is 1. The first-order chi connectivity index (χ1) is 13.0. The highest BCUT2D eigenvalue weighted by Crippen LogP contribution is 2.22. The van der Waals surface area contributed by atoms with Crippen molar-refractivity contribution >= 4 is 29.4 Å². The van der Waals surface area contributed by atoms with Gasteiger partial charge in [0, 0.05) is 30.6 Å². The zero-order valence-corrected chi connectivity index (χ0v) is 16.3. The lowest BCUT2D eigenvalue weighted by Crippen LogP contribution is -2.52. The number of amides is 4. The van der Waals surface area contributed by atoms with E-state index in [-0.39, 0.29) is 17.4 Å². The molecule has 0 atom stereocenters. The molecule has 1 heterocycles. The Bertz CT molecular complexity index is 690. The SMILES string of the molecule is CCCNC(=O)C1CCN(C(=O)NNC(=O)c2cc(Cl)ccc2OC)CC1. The van der Waals surface area contributed by atoms with Gasteiger partial charge in [-0.25, -0.2) is 10.2 Å². The molecule has 0 unspecified atom stereocenters. The van der Waals surface area contributed by atoms with E-state index < -0.39 is 11.9 Å². The minimum atomic E-state index is -0.531. The first-order valence-electron chi connectivity index (χ1n) is 8.92. The second-order valence-corrected chi connectivity index (χ2v) is 6.72. The molecule has 2 rings (SSSR count). The Morgan fingerprint density at radius 3 is 2.56 bits per heavy atom. The summed E-state index contributed by atoms with van der Waals surface area (Å²) >= 11 is 5.91. The van der Waals surface area contributed by atoms with Crippen molar-refractivity contribution in [1.82, 2.24) is 21.1 Å². The number of rotatable bonds is 5. The summed E-state index contributed by atoms with van der Waals surface area (Å²) in [7, 11) is 1.44. The standard InChI is InChI=1S/C18H25ClN4O4/c1-3-8-20-16(24)12-6-9-23(10-7-12)18(26)22-21-17(25)14-11-13(19)4-5-15(14)27-2/h4-5,11-12H,3,6-10H2,1-2H3,(H,20,24)(H,21,25)(H,22,26). The number of hydrazine groups is 1. The summed E-state index contributed by atoms with van der Waals surface area (Å²) in [6.07, 6.45) is 2.09. The number of methoxy groups -OCH3 is 1. The second-order valence-electron chi connectivity index (χ2n) is 6.28. The van der Waals surface area contributed by atoms with Crippen LogP contribution in [0.15, 0.2) is 18.2 Å². The number of carbonyl (C=O) groups is 3. The number of likely N-dealkylation sites (tertiary alicyclic amines) is 1. The summed E-state index contributed by atoms with van der Waals surface area (Å²) in [5, 5.41) is 3.27. The second kappa shape index (κ2) is 10.0. The molecule has 1 fully saturated rings. The summed E-state index contributed by atoms with van der Waals surface area (Å²) in [6, 6.07) is 4.23. The maximum absolute atomic E-state index is 12.3. The van der Waals surface area contributed by atoms with Gasteiger partial charge in [0.05, 0.1) is 12.7 Å². The van der Waals surface area contributed by atoms with E-state index in [1.54, 1.807) is 17.0 Å². The predicted molar refractivity (Wildman–Crippen MR) is 102 cm³/mol. The third-order valence-electron chi connectivity index (χ3n) is 4.39. The van der Waals surface area contributed by atoms with Gasteiger partial charge in [0.2, 0.25) is 5.91 Å². The molecule has 1 aromatic rings. The van der Waals surface area contributed by atoms with Crippen molar-refractivity contribution < 1.29 is 19.1 Å². The first-order valence-corrected chi connectivity index (χ1v) is 9.30. The molecule has 0 aliphatic carbocycles. The van der Waals surface area contributed by atoms with Crippen LogP contribution in [0.2, 0.25) is 5.02 Å². The highest BCUT2D eigenvalue weighted by molar-refractivity contribution is 6.31. The highest BCUT2D eigenvalue weighted by atomic mass is 35.5. The number of piperidine rings is 1. The molecule has 1 saturated heterocycles. The summed E-state index contributed by atoms with van der Waals surface area (Å²) < 4.78 is 5.13. The fourth-order valence-electron chi connectivity index (χ4n) is 2.85. The molecule has 1 aliphatic heterocycles. The van der Waals surface area contributed by atoms with E-state index in [1.165, 1.54) is 13.2 Å². The summed E-state index contributed by atoms with van der Waals surface area (Å²) in [5.74, 6) is -0.217. The first kappa shape index (κ1) is 20.8. The molecule has 0 radical (unpaired) electrons. The molecule has 0 saturated carbocycles. The van der Waals surface area contributed by atoms with Crippen molar-refractivity contribution in [2.75, 3.05) is 26.7 Å². The predicted octanol–water partition coefficient (Wildman–Crippen LogP) is 1.94. The van der Waals surface area contributed by atoms with Crippen molar-refractivity contribution in [3.8, 4) is 5.75 Å². The minimum absolute atomic E-state index is 0.0401. The topological polar surface area (TPSA) is 99.8 Å². The van der Waals surface area contributed by atoms with E-state index in [0.717, 1.165) is 6.42 Å². The Morgan fingerprint density at radius 2 is 1.93 bits per heavy atom. The van der Waals surface area contributed by atoms with Crippen molar-refractivity contribution in [3.63, 3.8) is 0 Å². The van der Waals surface area contributed by atoms with E-state index in [4.69, 9.17) is 16.3 Å². The van der Waals surface area contributed by atoms with Crippen LogP contribution < -0.4 is 20.9 Å². The van der Waals surface area contributed by atoms with E-state index in [1.807, 2.05) is 6.92 Å². The van der Waals surface area contributed by atoms with Gasteiger partial charge in [-0.05, 0) is 37.5 Å². The number of hydrogen-bond acceptors (Lipinski definition) is 4. The molecular formula is C18H25ClN4O4. The maximum Gasteiger partial charge on any atom is 0.336 e. The molecule has 0 aromatic heterocycles. The fourth-order valence-corrected chi connectivity index (χ4v) is 3.02. The van der Waals surface area contributed by atoms with E-state index in [9.17, 15) is 14.4 Å². The largest absolute Gasteiger partial charge is 0.496 e. The zero-order valence-electron chi connectivity index (χ0n) is 15.5. The van der Waals surface area contributed by atoms with E-state index >= 15 is 0 Å². The van der Waals surface area contributed by atoms with Crippen molar-refractivity contribution in [1.29, 1.82) is 0 Å². The summed E-state index contributed by atoms with van der Waals surface area (Å²) in [5.41, 5.74) is 4.97. The zero-order chi connectivity index (χ0) is 19.8. The number of carbonyl (C=O) groups excluding carboxylic acids is 3. The van der Waals surface area contributed by atoms with Gasteiger partial charge >= 0.3 is 6.03 Å². The molecule has 148 valence electrons. The normalized spacial score (nSPS) is 14.4. The average Bonchev–Trinajstić information content (AvgIpc) is 2.69. The van der Waals surface area contributed by atoms with Crippen LogP contribution in [0.4, 0.5) is 4.79 Å². The number of benzene rings is 1. The smallest absolute Gasteiger partial charge is 0.336 e. The molecule has 3 N–H and O–H groups in total. The van der Waals surface area contributed by atoms with Crippen LogP contribution in [0, 0.1) is 5.92 Å². The Labute approximate surface area is 163 Å². The number of hydrogen-bond donors (Lipinski definition) is 3. The highest BCUT2D eigenvalue weighted by Gasteiger charge is 2.27. The van der Waals surface area contributed by atoms with Gasteiger partial charge < -0.3 is 15.0 Å². The van der Waals surface area contributed by atoms with E-state index in [2.05, 4.69) is 16.2 Å². The van der Waals surface area contributed by atoms with Gasteiger partial charge in [0.15, 0.2) is 0 Å². The average molecular weight is 397 g/mol. The third kappa shape index (κ3) is 5.75. The molecular weight excluding hydrogens is 372 g/mol. The third-order valence-corrected chi connectivity index (χ3v) is 4.63. The molecule has 0 spiro atoms. The maximum atomic E-state index is 12.3. The van der Waals surface area contributed by atoms with Crippen LogP contribution in [0.1, 0.15) is 36.5 Å². The molecule has 4 amide bonds. The number of nitrogens with one attached hydrogen (secondary N) is 3. The van der Waals surface area contributed by atoms with Crippen molar-refractivity contribution in [3.05, 3.63) is 28.8 Å². The van der Waals surface area contributed by atoms with Gasteiger partial charge in [-0.15, -0.1) is 0 Å². The summed E-state index contributed by atoms with van der Waals surface area (Å²) in [6.45, 7) is 3.57. The fraction of sp³-hybridized carbons (Fsp3) is 0.500. The van der Waals surface area contributed by atoms with Gasteiger partial charge in [0.1, 0.15) is 5.75 Å². The minimum Gasteiger partial charge on any atom is -0.496 e. The molecule has 9 heteroatoms. The van der Waals surface area contributed by atoms with Crippen molar-refractivity contribution in [2.45, 2.75) is 26.2 Å². The Morgan fingerprint density at radius 1 is 1.22 bits per heavy atom. The quantitative estimate of drug-likeness (QED) is 0.662. The molecule has 1 aromatic carbocycles. The molecule has 27 heavy (non-hydrogen) atoms. The van der Waals surface area contributed by atoms with Gasteiger partial charge in [0.25, 0.3) is 5.91 Å². The van der Waals surface area contributed by atoms with Crippen LogP contribution in [-0.2, 0) is 4.79 Å². The lowest BCUT2D eigenvalue weighted by atomic mass is 9.96. The molecule has 8 nitrogen and oxygen atoms in total. The van der Waals surface area contributed by atoms with Crippen LogP contribution in [0.5, 0.6) is 5.75 Å². The van der Waals surface area contributed by atoms with Crippen LogP contribution in [0.25, 0.3) is 0 Å². The number of nitrogens with zero attached hydrogens (tertiary/aromatic N) is 1. The van der Waals surface area contributed by atoms with Crippen LogP contribution in [0.3, 0.4) is 0 Å². The molecule has 0 bridgehead atoms. The van der Waals surface area contributed by atoms with Gasteiger partial charge in [-0.3, -0.25) is 15.0 Å². The van der Waals surface area contributed by atoms with Crippen LogP contribution in [-0.4, -0.2) is 49.5 Å². The monoisotopic (exact) mass is 396 g/mol. The van der Waals surface area contributed by atoms with Gasteiger partial charge in [-0.2, -0.15) is 0 Å². The van der Waals surface area contributed by atoms with Crippen LogP contribution >= 0.6 is 11.6 Å². The number of ether oxygens (including phenoxy) is 1. The number of urea groups is 1. The van der Waals surface area contributed by atoms with Crippen molar-refractivity contribution in [2.24, 2.45) is 5.92 Å².